The van der Waals surface area contributed by atoms with Crippen molar-refractivity contribution in [1.29, 1.82) is 0 Å². The van der Waals surface area contributed by atoms with Crippen LogP contribution in [0.2, 0.25) is 10.0 Å². The van der Waals surface area contributed by atoms with Gasteiger partial charge in [-0.05, 0) is 30.3 Å². The molecule has 0 fully saturated rings. The van der Waals surface area contributed by atoms with Crippen LogP contribution < -0.4 is 0 Å². The van der Waals surface area contributed by atoms with E-state index in [2.05, 4.69) is 4.99 Å². The summed E-state index contributed by atoms with van der Waals surface area (Å²) in [6.07, 6.45) is 2.19. The van der Waals surface area contributed by atoms with E-state index in [1.54, 1.807) is 36.4 Å². The molecule has 0 aliphatic carbocycles. The largest absolute Gasteiger partial charge is 0.296 e. The fourth-order valence-corrected chi connectivity index (χ4v) is 2.53. The second kappa shape index (κ2) is 5.43. The Hall–Kier alpha value is -1.97. The average Bonchev–Trinajstić information content (AvgIpc) is 2.81. The SMILES string of the molecule is O=CC1=Nc2ccc(Cl)cc2/C1=C\c1cccc(Cl)c1F. The van der Waals surface area contributed by atoms with Crippen LogP contribution in [-0.4, -0.2) is 12.0 Å². The molecule has 0 aromatic heterocycles. The van der Waals surface area contributed by atoms with Crippen molar-refractivity contribution in [3.8, 4) is 0 Å². The van der Waals surface area contributed by atoms with E-state index in [1.807, 2.05) is 0 Å². The zero-order chi connectivity index (χ0) is 15.0. The fraction of sp³-hybridized carbons (Fsp3) is 0. The summed E-state index contributed by atoms with van der Waals surface area (Å²) >= 11 is 11.7. The maximum Gasteiger partial charge on any atom is 0.169 e. The summed E-state index contributed by atoms with van der Waals surface area (Å²) < 4.78 is 14.0. The summed E-state index contributed by atoms with van der Waals surface area (Å²) in [7, 11) is 0. The van der Waals surface area contributed by atoms with Crippen LogP contribution in [0.25, 0.3) is 11.6 Å². The molecule has 0 atom stereocenters. The van der Waals surface area contributed by atoms with Gasteiger partial charge in [-0.15, -0.1) is 0 Å². The highest BCUT2D eigenvalue weighted by atomic mass is 35.5. The summed E-state index contributed by atoms with van der Waals surface area (Å²) in [5.41, 5.74) is 2.40. The lowest BCUT2D eigenvalue weighted by Crippen LogP contribution is -1.98. The van der Waals surface area contributed by atoms with Crippen molar-refractivity contribution in [2.24, 2.45) is 4.99 Å². The molecule has 21 heavy (non-hydrogen) atoms. The number of allylic oxidation sites excluding steroid dienone is 1. The Bertz CT molecular complexity index is 812. The fourth-order valence-electron chi connectivity index (χ4n) is 2.18. The van der Waals surface area contributed by atoms with Crippen LogP contribution in [0.5, 0.6) is 0 Å². The summed E-state index contributed by atoms with van der Waals surface area (Å²) in [5, 5.41) is 0.548. The van der Waals surface area contributed by atoms with Gasteiger partial charge in [0.1, 0.15) is 11.5 Å². The van der Waals surface area contributed by atoms with Gasteiger partial charge in [0.2, 0.25) is 0 Å². The molecule has 0 spiro atoms. The topological polar surface area (TPSA) is 29.4 Å². The lowest BCUT2D eigenvalue weighted by Gasteiger charge is -2.04. The van der Waals surface area contributed by atoms with Gasteiger partial charge in [0.15, 0.2) is 6.29 Å². The Morgan fingerprint density at radius 2 is 1.95 bits per heavy atom. The first-order valence-corrected chi connectivity index (χ1v) is 6.85. The lowest BCUT2D eigenvalue weighted by atomic mass is 10.0. The predicted molar refractivity (Wildman–Crippen MR) is 83.9 cm³/mol. The summed E-state index contributed by atoms with van der Waals surface area (Å²) in [6.45, 7) is 0. The Morgan fingerprint density at radius 3 is 2.71 bits per heavy atom. The van der Waals surface area contributed by atoms with Crippen LogP contribution in [0, 0.1) is 5.82 Å². The number of aldehydes is 1. The molecule has 1 heterocycles. The minimum atomic E-state index is -0.535. The van der Waals surface area contributed by atoms with Crippen LogP contribution in [0.15, 0.2) is 41.4 Å². The molecule has 2 nitrogen and oxygen atoms in total. The standard InChI is InChI=1S/C16H8Cl2FNO/c17-10-4-5-14-12(7-10)11(15(8-21)20-14)6-9-2-1-3-13(18)16(9)19/h1-8H/b11-6+. The van der Waals surface area contributed by atoms with Gasteiger partial charge in [0, 0.05) is 21.7 Å². The molecule has 0 saturated carbocycles. The van der Waals surface area contributed by atoms with Crippen molar-refractivity contribution in [2.75, 3.05) is 0 Å². The molecular formula is C16H8Cl2FNO. The third-order valence-electron chi connectivity index (χ3n) is 3.16. The van der Waals surface area contributed by atoms with Gasteiger partial charge in [-0.2, -0.15) is 0 Å². The quantitative estimate of drug-likeness (QED) is 0.719. The van der Waals surface area contributed by atoms with Crippen LogP contribution in [0.4, 0.5) is 10.1 Å². The zero-order valence-electron chi connectivity index (χ0n) is 10.6. The van der Waals surface area contributed by atoms with Crippen molar-refractivity contribution in [2.45, 2.75) is 0 Å². The number of benzene rings is 2. The van der Waals surface area contributed by atoms with E-state index in [1.165, 1.54) is 6.07 Å². The molecule has 2 aromatic rings. The third kappa shape index (κ3) is 2.50. The highest BCUT2D eigenvalue weighted by Gasteiger charge is 2.21. The Morgan fingerprint density at radius 1 is 1.14 bits per heavy atom. The first-order valence-electron chi connectivity index (χ1n) is 6.10. The second-order valence-corrected chi connectivity index (χ2v) is 5.32. The molecule has 104 valence electrons. The van der Waals surface area contributed by atoms with E-state index < -0.39 is 5.82 Å². The predicted octanol–water partition coefficient (Wildman–Crippen LogP) is 4.96. The van der Waals surface area contributed by atoms with E-state index in [0.717, 1.165) is 0 Å². The molecule has 0 bridgehead atoms. The van der Waals surface area contributed by atoms with E-state index in [-0.39, 0.29) is 10.7 Å². The number of fused-ring (bicyclic) bond motifs is 1. The van der Waals surface area contributed by atoms with Crippen LogP contribution in [0.3, 0.4) is 0 Å². The molecule has 0 saturated heterocycles. The van der Waals surface area contributed by atoms with Crippen molar-refractivity contribution < 1.29 is 9.18 Å². The van der Waals surface area contributed by atoms with Gasteiger partial charge >= 0.3 is 0 Å². The molecule has 5 heteroatoms. The maximum atomic E-state index is 14.0. The highest BCUT2D eigenvalue weighted by molar-refractivity contribution is 6.53. The van der Waals surface area contributed by atoms with E-state index in [0.29, 0.717) is 33.7 Å². The maximum absolute atomic E-state index is 14.0. The molecule has 0 unspecified atom stereocenters. The van der Waals surface area contributed by atoms with E-state index >= 15 is 0 Å². The number of carbonyl (C=O) groups excluding carboxylic acids is 1. The summed E-state index contributed by atoms with van der Waals surface area (Å²) in [6, 6.07) is 9.80. The zero-order valence-corrected chi connectivity index (χ0v) is 12.1. The molecule has 1 aliphatic rings. The third-order valence-corrected chi connectivity index (χ3v) is 3.69. The number of carbonyl (C=O) groups is 1. The van der Waals surface area contributed by atoms with Gasteiger partial charge in [-0.25, -0.2) is 9.38 Å². The Kier molecular flexibility index (Phi) is 3.62. The first-order chi connectivity index (χ1) is 10.1. The number of hydrogen-bond donors (Lipinski definition) is 0. The number of rotatable bonds is 2. The van der Waals surface area contributed by atoms with Gasteiger partial charge in [-0.1, -0.05) is 35.3 Å². The van der Waals surface area contributed by atoms with Gasteiger partial charge in [0.05, 0.1) is 10.7 Å². The monoisotopic (exact) mass is 319 g/mol. The number of nitrogens with zero attached hydrogens (tertiary/aromatic N) is 1. The smallest absolute Gasteiger partial charge is 0.169 e. The van der Waals surface area contributed by atoms with Crippen molar-refractivity contribution in [3.63, 3.8) is 0 Å². The van der Waals surface area contributed by atoms with E-state index in [9.17, 15) is 9.18 Å². The van der Waals surface area contributed by atoms with Gasteiger partial charge in [0.25, 0.3) is 0 Å². The average molecular weight is 320 g/mol. The van der Waals surface area contributed by atoms with Crippen LogP contribution in [0.1, 0.15) is 11.1 Å². The van der Waals surface area contributed by atoms with Crippen molar-refractivity contribution in [3.05, 3.63) is 63.4 Å². The first kappa shape index (κ1) is 14.0. The van der Waals surface area contributed by atoms with Crippen molar-refractivity contribution in [1.82, 2.24) is 0 Å². The summed E-state index contributed by atoms with van der Waals surface area (Å²) in [4.78, 5) is 15.4. The molecular weight excluding hydrogens is 312 g/mol. The number of halogens is 3. The van der Waals surface area contributed by atoms with Gasteiger partial charge in [-0.3, -0.25) is 4.79 Å². The molecule has 0 amide bonds. The van der Waals surface area contributed by atoms with Crippen LogP contribution >= 0.6 is 23.2 Å². The molecule has 0 radical (unpaired) electrons. The minimum absolute atomic E-state index is 0.0262. The Labute approximate surface area is 130 Å². The lowest BCUT2D eigenvalue weighted by molar-refractivity contribution is -0.102. The summed E-state index contributed by atoms with van der Waals surface area (Å²) in [5.74, 6) is -0.535. The second-order valence-electron chi connectivity index (χ2n) is 4.48. The molecule has 2 aromatic carbocycles. The molecule has 1 aliphatic heterocycles. The van der Waals surface area contributed by atoms with Gasteiger partial charge < -0.3 is 0 Å². The van der Waals surface area contributed by atoms with Crippen molar-refractivity contribution >= 4 is 52.5 Å². The molecule has 0 N–H and O–H groups in total. The normalized spacial score (nSPS) is 15.0. The molecule has 3 rings (SSSR count). The minimum Gasteiger partial charge on any atom is -0.296 e. The van der Waals surface area contributed by atoms with E-state index in [4.69, 9.17) is 23.2 Å². The highest BCUT2D eigenvalue weighted by Crippen LogP contribution is 2.37. The van der Waals surface area contributed by atoms with Crippen LogP contribution in [-0.2, 0) is 4.79 Å². The number of aliphatic imine (C=N–C) groups is 1. The Balaban J connectivity index is 2.19. The number of hydrogen-bond acceptors (Lipinski definition) is 2.